The molecule has 1 aromatic rings. The first-order valence-electron chi connectivity index (χ1n) is 4.91. The van der Waals surface area contributed by atoms with Crippen molar-refractivity contribution in [2.45, 2.75) is 0 Å². The standard InChI is InChI=1S/C13H10BrN3O/c1-9(8-15)7-12(16-2)17-13(18)10-3-5-11(14)6-4-10/h3-7H,1-2H2,(H,17,18)/b12-7+. The van der Waals surface area contributed by atoms with Gasteiger partial charge in [-0.15, -0.1) is 0 Å². The molecule has 0 aliphatic rings. The Labute approximate surface area is 113 Å². The molecule has 0 aromatic heterocycles. The van der Waals surface area contributed by atoms with Crippen LogP contribution in [0.25, 0.3) is 0 Å². The summed E-state index contributed by atoms with van der Waals surface area (Å²) in [5.41, 5.74) is 0.670. The van der Waals surface area contributed by atoms with Gasteiger partial charge in [0.1, 0.15) is 5.82 Å². The summed E-state index contributed by atoms with van der Waals surface area (Å²) in [7, 11) is 0. The number of benzene rings is 1. The average Bonchev–Trinajstić information content (AvgIpc) is 2.38. The van der Waals surface area contributed by atoms with E-state index < -0.39 is 0 Å². The molecule has 0 radical (unpaired) electrons. The second kappa shape index (κ2) is 6.52. The second-order valence-corrected chi connectivity index (χ2v) is 4.20. The van der Waals surface area contributed by atoms with Gasteiger partial charge < -0.3 is 5.32 Å². The minimum Gasteiger partial charge on any atom is -0.307 e. The molecule has 0 bridgehead atoms. The van der Waals surface area contributed by atoms with Crippen LogP contribution in [0, 0.1) is 11.3 Å². The molecular weight excluding hydrogens is 294 g/mol. The van der Waals surface area contributed by atoms with Crippen molar-refractivity contribution < 1.29 is 4.79 Å². The maximum atomic E-state index is 11.8. The quantitative estimate of drug-likeness (QED) is 0.528. The van der Waals surface area contributed by atoms with E-state index in [4.69, 9.17) is 5.26 Å². The zero-order chi connectivity index (χ0) is 13.5. The number of halogens is 1. The van der Waals surface area contributed by atoms with Crippen LogP contribution in [0.3, 0.4) is 0 Å². The Kier molecular flexibility index (Phi) is 5.03. The third kappa shape index (κ3) is 4.00. The average molecular weight is 304 g/mol. The summed E-state index contributed by atoms with van der Waals surface area (Å²) < 4.78 is 0.884. The summed E-state index contributed by atoms with van der Waals surface area (Å²) in [4.78, 5) is 15.4. The number of nitrogens with zero attached hydrogens (tertiary/aromatic N) is 2. The third-order valence-corrected chi connectivity index (χ3v) is 2.50. The van der Waals surface area contributed by atoms with Gasteiger partial charge in [-0.05, 0) is 37.1 Å². The summed E-state index contributed by atoms with van der Waals surface area (Å²) in [6, 6.07) is 8.68. The third-order valence-electron chi connectivity index (χ3n) is 1.97. The number of carbonyl (C=O) groups is 1. The first-order valence-corrected chi connectivity index (χ1v) is 5.70. The predicted molar refractivity (Wildman–Crippen MR) is 74.0 cm³/mol. The number of amides is 1. The van der Waals surface area contributed by atoms with E-state index in [0.29, 0.717) is 5.56 Å². The van der Waals surface area contributed by atoms with Crippen LogP contribution < -0.4 is 5.32 Å². The number of nitriles is 1. The van der Waals surface area contributed by atoms with Crippen molar-refractivity contribution in [3.05, 3.63) is 58.4 Å². The lowest BCUT2D eigenvalue weighted by Gasteiger charge is -2.05. The van der Waals surface area contributed by atoms with Crippen molar-refractivity contribution >= 4 is 28.6 Å². The highest BCUT2D eigenvalue weighted by molar-refractivity contribution is 9.10. The molecular formula is C13H10BrN3O. The molecule has 0 atom stereocenters. The number of hydrogen-bond acceptors (Lipinski definition) is 3. The van der Waals surface area contributed by atoms with Crippen molar-refractivity contribution in [1.82, 2.24) is 5.32 Å². The highest BCUT2D eigenvalue weighted by Crippen LogP contribution is 2.11. The number of rotatable bonds is 4. The van der Waals surface area contributed by atoms with Gasteiger partial charge in [0, 0.05) is 15.6 Å². The van der Waals surface area contributed by atoms with Crippen molar-refractivity contribution in [3.63, 3.8) is 0 Å². The predicted octanol–water partition coefficient (Wildman–Crippen LogP) is 2.80. The molecule has 4 nitrogen and oxygen atoms in total. The Bertz CT molecular complexity index is 553. The number of aliphatic imine (C=N–C) groups is 1. The van der Waals surface area contributed by atoms with Crippen LogP contribution >= 0.6 is 15.9 Å². The van der Waals surface area contributed by atoms with Crippen LogP contribution in [-0.4, -0.2) is 12.6 Å². The molecule has 1 aromatic carbocycles. The minimum atomic E-state index is -0.327. The molecule has 0 aliphatic heterocycles. The number of nitrogens with one attached hydrogen (secondary N) is 1. The SMILES string of the molecule is C=N/C(=C\C(=C)C#N)NC(=O)c1ccc(Br)cc1. The van der Waals surface area contributed by atoms with Crippen molar-refractivity contribution in [2.75, 3.05) is 0 Å². The molecule has 0 heterocycles. The van der Waals surface area contributed by atoms with E-state index in [1.54, 1.807) is 24.3 Å². The highest BCUT2D eigenvalue weighted by Gasteiger charge is 2.06. The first-order chi connectivity index (χ1) is 8.56. The maximum Gasteiger partial charge on any atom is 0.256 e. The van der Waals surface area contributed by atoms with Crippen LogP contribution in [0.4, 0.5) is 0 Å². The molecule has 0 fully saturated rings. The largest absolute Gasteiger partial charge is 0.307 e. The topological polar surface area (TPSA) is 65.2 Å². The molecule has 5 heteroatoms. The fourth-order valence-electron chi connectivity index (χ4n) is 1.11. The fourth-order valence-corrected chi connectivity index (χ4v) is 1.37. The molecule has 0 saturated carbocycles. The van der Waals surface area contributed by atoms with E-state index in [9.17, 15) is 4.79 Å². The number of carbonyl (C=O) groups excluding carboxylic acids is 1. The normalized spacial score (nSPS) is 10.3. The van der Waals surface area contributed by atoms with Gasteiger partial charge in [0.25, 0.3) is 5.91 Å². The van der Waals surface area contributed by atoms with E-state index in [-0.39, 0.29) is 17.3 Å². The molecule has 0 spiro atoms. The molecule has 18 heavy (non-hydrogen) atoms. The lowest BCUT2D eigenvalue weighted by molar-refractivity contribution is 0.0965. The minimum absolute atomic E-state index is 0.188. The van der Waals surface area contributed by atoms with Gasteiger partial charge in [-0.1, -0.05) is 22.5 Å². The first kappa shape index (κ1) is 13.9. The van der Waals surface area contributed by atoms with Crippen LogP contribution in [0.15, 0.2) is 57.8 Å². The molecule has 0 unspecified atom stereocenters. The summed E-state index contributed by atoms with van der Waals surface area (Å²) in [6.07, 6.45) is 1.35. The second-order valence-electron chi connectivity index (χ2n) is 3.29. The van der Waals surface area contributed by atoms with Crippen molar-refractivity contribution in [3.8, 4) is 6.07 Å². The van der Waals surface area contributed by atoms with E-state index in [1.807, 2.05) is 6.07 Å². The molecule has 0 aliphatic carbocycles. The maximum absolute atomic E-state index is 11.8. The lowest BCUT2D eigenvalue weighted by Crippen LogP contribution is -2.21. The van der Waals surface area contributed by atoms with E-state index >= 15 is 0 Å². The Hall–Kier alpha value is -2.19. The molecule has 0 saturated heterocycles. The summed E-state index contributed by atoms with van der Waals surface area (Å²) >= 11 is 3.28. The Morgan fingerprint density at radius 1 is 1.44 bits per heavy atom. The zero-order valence-corrected chi connectivity index (χ0v) is 11.1. The number of hydrogen-bond donors (Lipinski definition) is 1. The molecule has 90 valence electrons. The van der Waals surface area contributed by atoms with Gasteiger partial charge in [0.05, 0.1) is 6.07 Å². The van der Waals surface area contributed by atoms with Crippen molar-refractivity contribution in [2.24, 2.45) is 4.99 Å². The van der Waals surface area contributed by atoms with Gasteiger partial charge in [0.2, 0.25) is 0 Å². The monoisotopic (exact) mass is 303 g/mol. The van der Waals surface area contributed by atoms with Gasteiger partial charge in [-0.3, -0.25) is 4.79 Å². The van der Waals surface area contributed by atoms with Crippen molar-refractivity contribution in [1.29, 1.82) is 5.26 Å². The van der Waals surface area contributed by atoms with E-state index in [0.717, 1.165) is 4.47 Å². The van der Waals surface area contributed by atoms with Gasteiger partial charge in [-0.2, -0.15) is 5.26 Å². The smallest absolute Gasteiger partial charge is 0.256 e. The molecule has 1 amide bonds. The van der Waals surface area contributed by atoms with E-state index in [2.05, 4.69) is 39.5 Å². The highest BCUT2D eigenvalue weighted by atomic mass is 79.9. The summed E-state index contributed by atoms with van der Waals surface area (Å²) in [6.45, 7) is 6.79. The summed E-state index contributed by atoms with van der Waals surface area (Å²) in [5, 5.41) is 11.1. The van der Waals surface area contributed by atoms with E-state index in [1.165, 1.54) is 6.08 Å². The van der Waals surface area contributed by atoms with Gasteiger partial charge in [0.15, 0.2) is 0 Å². The molecule has 1 N–H and O–H groups in total. The van der Waals surface area contributed by atoms with Gasteiger partial charge >= 0.3 is 0 Å². The van der Waals surface area contributed by atoms with Crippen LogP contribution in [-0.2, 0) is 0 Å². The summed E-state index contributed by atoms with van der Waals surface area (Å²) in [5.74, 6) is -0.138. The Balaban J connectivity index is 2.84. The Morgan fingerprint density at radius 2 is 2.06 bits per heavy atom. The zero-order valence-electron chi connectivity index (χ0n) is 9.48. The molecule has 1 rings (SSSR count). The van der Waals surface area contributed by atoms with Gasteiger partial charge in [-0.25, -0.2) is 4.99 Å². The van der Waals surface area contributed by atoms with Crippen LogP contribution in [0.5, 0.6) is 0 Å². The number of allylic oxidation sites excluding steroid dienone is 2. The lowest BCUT2D eigenvalue weighted by atomic mass is 10.2. The van der Waals surface area contributed by atoms with Crippen LogP contribution in [0.1, 0.15) is 10.4 Å². The fraction of sp³-hybridized carbons (Fsp3) is 0. The Morgan fingerprint density at radius 3 is 2.56 bits per heavy atom. The van der Waals surface area contributed by atoms with Crippen LogP contribution in [0.2, 0.25) is 0 Å².